The van der Waals surface area contributed by atoms with Crippen molar-refractivity contribution in [3.63, 3.8) is 0 Å². The molecule has 0 aromatic carbocycles. The molecule has 2 aromatic heterocycles. The van der Waals surface area contributed by atoms with Crippen LogP contribution in [0.25, 0.3) is 5.52 Å². The van der Waals surface area contributed by atoms with Crippen LogP contribution in [0.4, 0.5) is 0 Å². The highest BCUT2D eigenvalue weighted by Gasteiger charge is 2.24. The van der Waals surface area contributed by atoms with Gasteiger partial charge in [-0.1, -0.05) is 6.07 Å². The molecule has 1 aliphatic heterocycles. The Labute approximate surface area is 103 Å². The van der Waals surface area contributed by atoms with Crippen molar-refractivity contribution in [3.05, 3.63) is 35.9 Å². The molecule has 94 valence electrons. The largest absolute Gasteiger partial charge is 0.476 e. The maximum Gasteiger partial charge on any atom is 0.356 e. The molecule has 3 heterocycles. The van der Waals surface area contributed by atoms with Crippen LogP contribution in [0.15, 0.2) is 24.4 Å². The Morgan fingerprint density at radius 2 is 2.44 bits per heavy atom. The minimum absolute atomic E-state index is 0.0692. The molecule has 0 bridgehead atoms. The summed E-state index contributed by atoms with van der Waals surface area (Å²) in [6.07, 6.45) is 1.60. The first-order valence-electron chi connectivity index (χ1n) is 5.80. The summed E-state index contributed by atoms with van der Waals surface area (Å²) in [6, 6.07) is 5.39. The molecule has 1 saturated heterocycles. The molecular formula is C12H13N3O3. The second-order valence-electron chi connectivity index (χ2n) is 4.14. The lowest BCUT2D eigenvalue weighted by Crippen LogP contribution is -2.34. The molecule has 1 aliphatic rings. The average molecular weight is 247 g/mol. The Morgan fingerprint density at radius 3 is 3.17 bits per heavy atom. The van der Waals surface area contributed by atoms with Gasteiger partial charge in [-0.05, 0) is 12.1 Å². The van der Waals surface area contributed by atoms with E-state index in [1.54, 1.807) is 16.5 Å². The van der Waals surface area contributed by atoms with Crippen molar-refractivity contribution < 1.29 is 14.6 Å². The van der Waals surface area contributed by atoms with Crippen LogP contribution < -0.4 is 5.32 Å². The van der Waals surface area contributed by atoms with Crippen LogP contribution in [0.1, 0.15) is 22.4 Å². The molecule has 1 unspecified atom stereocenters. The van der Waals surface area contributed by atoms with Crippen molar-refractivity contribution in [2.45, 2.75) is 6.10 Å². The van der Waals surface area contributed by atoms with E-state index in [2.05, 4.69) is 10.3 Å². The first kappa shape index (κ1) is 11.2. The smallest absolute Gasteiger partial charge is 0.356 e. The minimum Gasteiger partial charge on any atom is -0.476 e. The molecule has 0 saturated carbocycles. The van der Waals surface area contributed by atoms with Gasteiger partial charge in [-0.2, -0.15) is 0 Å². The Kier molecular flexibility index (Phi) is 2.73. The first-order valence-corrected chi connectivity index (χ1v) is 5.80. The third kappa shape index (κ3) is 1.75. The second kappa shape index (κ2) is 4.40. The van der Waals surface area contributed by atoms with Gasteiger partial charge in [0.15, 0.2) is 5.69 Å². The number of carboxylic acid groups (broad SMARTS) is 1. The highest BCUT2D eigenvalue weighted by Crippen LogP contribution is 2.21. The number of ether oxygens (including phenoxy) is 1. The first-order chi connectivity index (χ1) is 8.77. The summed E-state index contributed by atoms with van der Waals surface area (Å²) in [7, 11) is 0. The highest BCUT2D eigenvalue weighted by molar-refractivity contribution is 5.93. The number of aromatic nitrogens is 2. The second-order valence-corrected chi connectivity index (χ2v) is 4.14. The fourth-order valence-electron chi connectivity index (χ4n) is 2.18. The highest BCUT2D eigenvalue weighted by atomic mass is 16.5. The Morgan fingerprint density at radius 1 is 1.56 bits per heavy atom. The van der Waals surface area contributed by atoms with E-state index < -0.39 is 5.97 Å². The predicted molar refractivity (Wildman–Crippen MR) is 63.7 cm³/mol. The van der Waals surface area contributed by atoms with Gasteiger partial charge in [-0.25, -0.2) is 9.78 Å². The van der Waals surface area contributed by atoms with E-state index in [0.717, 1.165) is 6.54 Å². The number of pyridine rings is 1. The zero-order valence-electron chi connectivity index (χ0n) is 9.67. The molecule has 1 atom stereocenters. The van der Waals surface area contributed by atoms with Crippen LogP contribution in [0.3, 0.4) is 0 Å². The van der Waals surface area contributed by atoms with Gasteiger partial charge in [0.1, 0.15) is 11.9 Å². The number of fused-ring (bicyclic) bond motifs is 1. The van der Waals surface area contributed by atoms with E-state index in [9.17, 15) is 4.79 Å². The number of nitrogens with zero attached hydrogens (tertiary/aromatic N) is 2. The monoisotopic (exact) mass is 247 g/mol. The number of rotatable bonds is 2. The van der Waals surface area contributed by atoms with E-state index in [4.69, 9.17) is 9.84 Å². The molecule has 0 radical (unpaired) electrons. The van der Waals surface area contributed by atoms with Gasteiger partial charge >= 0.3 is 5.97 Å². The van der Waals surface area contributed by atoms with Crippen LogP contribution in [-0.2, 0) is 4.74 Å². The van der Waals surface area contributed by atoms with Crippen molar-refractivity contribution in [1.29, 1.82) is 0 Å². The lowest BCUT2D eigenvalue weighted by atomic mass is 10.3. The van der Waals surface area contributed by atoms with Gasteiger partial charge < -0.3 is 19.6 Å². The summed E-state index contributed by atoms with van der Waals surface area (Å²) in [4.78, 5) is 15.4. The van der Waals surface area contributed by atoms with Gasteiger partial charge in [-0.3, -0.25) is 0 Å². The van der Waals surface area contributed by atoms with E-state index in [1.807, 2.05) is 12.3 Å². The van der Waals surface area contributed by atoms with Gasteiger partial charge in [0, 0.05) is 19.3 Å². The van der Waals surface area contributed by atoms with E-state index in [-0.39, 0.29) is 11.8 Å². The zero-order chi connectivity index (χ0) is 12.5. The van der Waals surface area contributed by atoms with Crippen molar-refractivity contribution >= 4 is 11.5 Å². The third-order valence-electron chi connectivity index (χ3n) is 2.99. The molecule has 0 amide bonds. The number of carboxylic acids is 1. The number of morpholine rings is 1. The van der Waals surface area contributed by atoms with Crippen LogP contribution >= 0.6 is 0 Å². The number of hydrogen-bond donors (Lipinski definition) is 2. The van der Waals surface area contributed by atoms with Crippen molar-refractivity contribution in [2.75, 3.05) is 19.7 Å². The molecule has 3 rings (SSSR count). The minimum atomic E-state index is -1.02. The molecule has 2 aromatic rings. The molecule has 6 heteroatoms. The standard InChI is InChI=1S/C12H13N3O3/c16-12(17)10-8-3-1-2-5-15(8)11(14-10)9-7-13-4-6-18-9/h1-3,5,9,13H,4,6-7H2,(H,16,17). The van der Waals surface area contributed by atoms with Crippen molar-refractivity contribution in [1.82, 2.24) is 14.7 Å². The van der Waals surface area contributed by atoms with Gasteiger partial charge in [0.05, 0.1) is 12.1 Å². The lowest BCUT2D eigenvalue weighted by molar-refractivity contribution is 0.0217. The summed E-state index contributed by atoms with van der Waals surface area (Å²) in [6.45, 7) is 2.06. The molecular weight excluding hydrogens is 234 g/mol. The quantitative estimate of drug-likeness (QED) is 0.816. The van der Waals surface area contributed by atoms with E-state index in [1.165, 1.54) is 0 Å². The maximum atomic E-state index is 11.2. The number of imidazole rings is 1. The van der Waals surface area contributed by atoms with Crippen molar-refractivity contribution in [2.24, 2.45) is 0 Å². The predicted octanol–water partition coefficient (Wildman–Crippen LogP) is 0.693. The average Bonchev–Trinajstić information content (AvgIpc) is 2.79. The summed E-state index contributed by atoms with van der Waals surface area (Å²) in [5.41, 5.74) is 0.661. The number of nitrogens with one attached hydrogen (secondary N) is 1. The summed E-state index contributed by atoms with van der Waals surface area (Å²) < 4.78 is 7.41. The molecule has 18 heavy (non-hydrogen) atoms. The Bertz CT molecular complexity index is 587. The zero-order valence-corrected chi connectivity index (χ0v) is 9.67. The molecule has 0 aliphatic carbocycles. The van der Waals surface area contributed by atoms with Gasteiger partial charge in [-0.15, -0.1) is 0 Å². The van der Waals surface area contributed by atoms with E-state index >= 15 is 0 Å². The molecule has 0 spiro atoms. The fraction of sp³-hybridized carbons (Fsp3) is 0.333. The fourth-order valence-corrected chi connectivity index (χ4v) is 2.18. The van der Waals surface area contributed by atoms with Gasteiger partial charge in [0.25, 0.3) is 0 Å². The number of aromatic carboxylic acids is 1. The van der Waals surface area contributed by atoms with E-state index in [0.29, 0.717) is 24.5 Å². The van der Waals surface area contributed by atoms with Crippen molar-refractivity contribution in [3.8, 4) is 0 Å². The van der Waals surface area contributed by atoms with Crippen LogP contribution in [-0.4, -0.2) is 40.2 Å². The topological polar surface area (TPSA) is 75.9 Å². The summed E-state index contributed by atoms with van der Waals surface area (Å²) in [5, 5.41) is 12.4. The molecule has 2 N–H and O–H groups in total. The Balaban J connectivity index is 2.13. The van der Waals surface area contributed by atoms with Crippen LogP contribution in [0, 0.1) is 0 Å². The third-order valence-corrected chi connectivity index (χ3v) is 2.99. The lowest BCUT2D eigenvalue weighted by Gasteiger charge is -2.22. The normalized spacial score (nSPS) is 20.1. The van der Waals surface area contributed by atoms with Crippen LogP contribution in [0.5, 0.6) is 0 Å². The number of carbonyl (C=O) groups is 1. The maximum absolute atomic E-state index is 11.2. The number of hydrogen-bond acceptors (Lipinski definition) is 4. The Hall–Kier alpha value is -1.92. The summed E-state index contributed by atoms with van der Waals surface area (Å²) >= 11 is 0. The van der Waals surface area contributed by atoms with Gasteiger partial charge in [0.2, 0.25) is 0 Å². The molecule has 1 fully saturated rings. The molecule has 6 nitrogen and oxygen atoms in total. The summed E-state index contributed by atoms with van der Waals surface area (Å²) in [5.74, 6) is -0.385. The van der Waals surface area contributed by atoms with Crippen LogP contribution in [0.2, 0.25) is 0 Å². The SMILES string of the molecule is O=C(O)c1nc(C2CNCCO2)n2ccccc12.